The molecule has 2 aliphatic heterocycles. The SMILES string of the molecule is c1ccc2c(N3CCC[C@@H](Nc4cc(N5CCOCC5)ccn4)C3)nncc2c1. The fourth-order valence-electron chi connectivity index (χ4n) is 4.26. The average Bonchev–Trinajstić information content (AvgIpc) is 2.80. The zero-order chi connectivity index (χ0) is 19.5. The van der Waals surface area contributed by atoms with E-state index in [1.807, 2.05) is 18.5 Å². The molecular formula is C22H26N6O. The predicted octanol–water partition coefficient (Wildman–Crippen LogP) is 2.94. The normalized spacial score (nSPS) is 20.1. The van der Waals surface area contributed by atoms with Crippen molar-refractivity contribution in [3.05, 3.63) is 48.8 Å². The van der Waals surface area contributed by atoms with E-state index in [2.05, 4.69) is 60.6 Å². The molecule has 7 heteroatoms. The second kappa shape index (κ2) is 8.21. The molecule has 7 nitrogen and oxygen atoms in total. The Morgan fingerprint density at radius 3 is 2.86 bits per heavy atom. The van der Waals surface area contributed by atoms with Gasteiger partial charge in [-0.05, 0) is 18.9 Å². The van der Waals surface area contributed by atoms with E-state index in [1.165, 1.54) is 5.69 Å². The van der Waals surface area contributed by atoms with Gasteiger partial charge in [-0.1, -0.05) is 24.3 Å². The van der Waals surface area contributed by atoms with Crippen LogP contribution in [0, 0.1) is 0 Å². The summed E-state index contributed by atoms with van der Waals surface area (Å²) in [6.07, 6.45) is 5.97. The summed E-state index contributed by atoms with van der Waals surface area (Å²) in [7, 11) is 0. The maximum absolute atomic E-state index is 5.47. The summed E-state index contributed by atoms with van der Waals surface area (Å²) in [5.41, 5.74) is 1.21. The van der Waals surface area contributed by atoms with Crippen LogP contribution in [0.15, 0.2) is 48.8 Å². The van der Waals surface area contributed by atoms with E-state index in [4.69, 9.17) is 4.74 Å². The maximum atomic E-state index is 5.47. The molecule has 1 aromatic carbocycles. The number of benzene rings is 1. The molecule has 0 saturated carbocycles. The van der Waals surface area contributed by atoms with Crippen LogP contribution in [0.25, 0.3) is 10.8 Å². The van der Waals surface area contributed by atoms with Crippen LogP contribution >= 0.6 is 0 Å². The second-order valence-electron chi connectivity index (χ2n) is 7.68. The third kappa shape index (κ3) is 3.96. The standard InChI is InChI=1S/C22H26N6O/c1-2-6-20-17(4-1)15-24-26-22(20)28-9-3-5-18(16-28)25-21-14-19(7-8-23-21)27-10-12-29-13-11-27/h1-2,4,6-8,14-15,18H,3,5,9-13,16H2,(H,23,25)/t18-/m1/s1. The van der Waals surface area contributed by atoms with E-state index in [9.17, 15) is 0 Å². The summed E-state index contributed by atoms with van der Waals surface area (Å²) in [5.74, 6) is 1.91. The molecule has 150 valence electrons. The minimum Gasteiger partial charge on any atom is -0.378 e. The van der Waals surface area contributed by atoms with Crippen LogP contribution in [-0.4, -0.2) is 60.6 Å². The van der Waals surface area contributed by atoms with Gasteiger partial charge in [-0.2, -0.15) is 5.10 Å². The lowest BCUT2D eigenvalue weighted by Gasteiger charge is -2.34. The number of pyridine rings is 1. The molecule has 2 aliphatic rings. The monoisotopic (exact) mass is 390 g/mol. The molecule has 3 aromatic rings. The molecule has 0 amide bonds. The number of nitrogens with one attached hydrogen (secondary N) is 1. The zero-order valence-electron chi connectivity index (χ0n) is 16.5. The van der Waals surface area contributed by atoms with Crippen molar-refractivity contribution in [1.82, 2.24) is 15.2 Å². The molecule has 0 unspecified atom stereocenters. The van der Waals surface area contributed by atoms with Crippen molar-refractivity contribution >= 4 is 28.1 Å². The molecule has 0 aliphatic carbocycles. The lowest BCUT2D eigenvalue weighted by Crippen LogP contribution is -2.43. The van der Waals surface area contributed by atoms with Crippen molar-refractivity contribution in [3.63, 3.8) is 0 Å². The van der Waals surface area contributed by atoms with E-state index in [0.29, 0.717) is 6.04 Å². The number of aromatic nitrogens is 3. The Kier molecular flexibility index (Phi) is 5.13. The Balaban J connectivity index is 1.31. The van der Waals surface area contributed by atoms with Gasteiger partial charge in [0.05, 0.1) is 19.4 Å². The Morgan fingerprint density at radius 2 is 1.93 bits per heavy atom. The second-order valence-corrected chi connectivity index (χ2v) is 7.68. The minimum atomic E-state index is 0.331. The van der Waals surface area contributed by atoms with Crippen LogP contribution in [-0.2, 0) is 4.74 Å². The van der Waals surface area contributed by atoms with Crippen molar-refractivity contribution in [2.75, 3.05) is 54.5 Å². The summed E-state index contributed by atoms with van der Waals surface area (Å²) >= 11 is 0. The summed E-state index contributed by atoms with van der Waals surface area (Å²) in [5, 5.41) is 14.6. The highest BCUT2D eigenvalue weighted by molar-refractivity contribution is 5.91. The molecule has 2 saturated heterocycles. The van der Waals surface area contributed by atoms with Gasteiger partial charge in [0.15, 0.2) is 5.82 Å². The van der Waals surface area contributed by atoms with Gasteiger partial charge in [0.1, 0.15) is 5.82 Å². The van der Waals surface area contributed by atoms with Gasteiger partial charge < -0.3 is 19.9 Å². The lowest BCUT2D eigenvalue weighted by atomic mass is 10.0. The average molecular weight is 390 g/mol. The van der Waals surface area contributed by atoms with Crippen LogP contribution in [0.5, 0.6) is 0 Å². The largest absolute Gasteiger partial charge is 0.378 e. The number of anilines is 3. The molecule has 0 spiro atoms. The van der Waals surface area contributed by atoms with Crippen molar-refractivity contribution in [3.8, 4) is 0 Å². The van der Waals surface area contributed by atoms with Gasteiger partial charge >= 0.3 is 0 Å². The maximum Gasteiger partial charge on any atom is 0.159 e. The highest BCUT2D eigenvalue weighted by atomic mass is 16.5. The Bertz CT molecular complexity index is 969. The van der Waals surface area contributed by atoms with E-state index >= 15 is 0 Å². The van der Waals surface area contributed by atoms with Gasteiger partial charge in [0, 0.05) is 60.9 Å². The quantitative estimate of drug-likeness (QED) is 0.735. The number of nitrogens with zero attached hydrogens (tertiary/aromatic N) is 5. The minimum absolute atomic E-state index is 0.331. The first-order valence-electron chi connectivity index (χ1n) is 10.4. The molecular weight excluding hydrogens is 364 g/mol. The highest BCUT2D eigenvalue weighted by Crippen LogP contribution is 2.27. The van der Waals surface area contributed by atoms with Gasteiger partial charge in [0.25, 0.3) is 0 Å². The molecule has 1 N–H and O–H groups in total. The number of hydrogen-bond acceptors (Lipinski definition) is 7. The van der Waals surface area contributed by atoms with Crippen molar-refractivity contribution in [1.29, 1.82) is 0 Å². The predicted molar refractivity (Wildman–Crippen MR) is 116 cm³/mol. The summed E-state index contributed by atoms with van der Waals surface area (Å²) in [6.45, 7) is 5.33. The summed E-state index contributed by atoms with van der Waals surface area (Å²) in [4.78, 5) is 9.27. The number of fused-ring (bicyclic) bond motifs is 1. The van der Waals surface area contributed by atoms with Crippen LogP contribution in [0.3, 0.4) is 0 Å². The Morgan fingerprint density at radius 1 is 1.03 bits per heavy atom. The van der Waals surface area contributed by atoms with Gasteiger partial charge in [-0.25, -0.2) is 4.98 Å². The van der Waals surface area contributed by atoms with Crippen LogP contribution < -0.4 is 15.1 Å². The van der Waals surface area contributed by atoms with E-state index in [-0.39, 0.29) is 0 Å². The van der Waals surface area contributed by atoms with E-state index < -0.39 is 0 Å². The lowest BCUT2D eigenvalue weighted by molar-refractivity contribution is 0.122. The van der Waals surface area contributed by atoms with E-state index in [1.54, 1.807) is 0 Å². The number of piperidine rings is 1. The zero-order valence-corrected chi connectivity index (χ0v) is 16.5. The molecule has 1 atom stereocenters. The highest BCUT2D eigenvalue weighted by Gasteiger charge is 2.23. The van der Waals surface area contributed by atoms with Gasteiger partial charge in [-0.15, -0.1) is 5.10 Å². The van der Waals surface area contributed by atoms with Gasteiger partial charge in [0.2, 0.25) is 0 Å². The number of rotatable bonds is 4. The Labute approximate surface area is 170 Å². The fourth-order valence-corrected chi connectivity index (χ4v) is 4.26. The van der Waals surface area contributed by atoms with Crippen LogP contribution in [0.4, 0.5) is 17.3 Å². The number of hydrogen-bond donors (Lipinski definition) is 1. The molecule has 0 radical (unpaired) electrons. The molecule has 5 rings (SSSR count). The third-order valence-electron chi connectivity index (χ3n) is 5.74. The number of morpholine rings is 1. The first-order valence-corrected chi connectivity index (χ1v) is 10.4. The molecule has 29 heavy (non-hydrogen) atoms. The first kappa shape index (κ1) is 18.1. The summed E-state index contributed by atoms with van der Waals surface area (Å²) in [6, 6.07) is 12.9. The first-order chi connectivity index (χ1) is 14.4. The fraction of sp³-hybridized carbons (Fsp3) is 0.409. The molecule has 2 fully saturated rings. The third-order valence-corrected chi connectivity index (χ3v) is 5.74. The number of ether oxygens (including phenoxy) is 1. The van der Waals surface area contributed by atoms with Crippen molar-refractivity contribution < 1.29 is 4.74 Å². The van der Waals surface area contributed by atoms with Crippen LogP contribution in [0.2, 0.25) is 0 Å². The summed E-state index contributed by atoms with van der Waals surface area (Å²) < 4.78 is 5.47. The van der Waals surface area contributed by atoms with Crippen molar-refractivity contribution in [2.45, 2.75) is 18.9 Å². The smallest absolute Gasteiger partial charge is 0.159 e. The van der Waals surface area contributed by atoms with Gasteiger partial charge in [-0.3, -0.25) is 0 Å². The molecule has 4 heterocycles. The van der Waals surface area contributed by atoms with Crippen molar-refractivity contribution in [2.24, 2.45) is 0 Å². The molecule has 0 bridgehead atoms. The molecule has 2 aromatic heterocycles. The van der Waals surface area contributed by atoms with Crippen LogP contribution in [0.1, 0.15) is 12.8 Å². The Hall–Kier alpha value is -2.93. The van der Waals surface area contributed by atoms with E-state index in [0.717, 1.165) is 74.6 Å². The topological polar surface area (TPSA) is 66.4 Å².